The van der Waals surface area contributed by atoms with Crippen molar-refractivity contribution in [2.45, 2.75) is 6.42 Å². The Labute approximate surface area is 105 Å². The molecule has 0 saturated carbocycles. The largest absolute Gasteiger partial charge is 0.508 e. The first kappa shape index (κ1) is 12.0. The van der Waals surface area contributed by atoms with E-state index in [0.29, 0.717) is 6.42 Å². The molecule has 0 aliphatic rings. The highest BCUT2D eigenvalue weighted by atomic mass is 16.3. The summed E-state index contributed by atoms with van der Waals surface area (Å²) in [4.78, 5) is 15.7. The Morgan fingerprint density at radius 2 is 2.17 bits per heavy atom. The van der Waals surface area contributed by atoms with Crippen molar-refractivity contribution in [1.29, 1.82) is 0 Å². The van der Waals surface area contributed by atoms with Crippen molar-refractivity contribution in [2.75, 3.05) is 0 Å². The number of carbonyl (C=O) groups is 1. The van der Waals surface area contributed by atoms with Crippen LogP contribution in [-0.2, 0) is 11.2 Å². The van der Waals surface area contributed by atoms with Gasteiger partial charge in [0.05, 0.1) is 0 Å². The molecule has 90 valence electrons. The van der Waals surface area contributed by atoms with Gasteiger partial charge in [0, 0.05) is 18.8 Å². The van der Waals surface area contributed by atoms with Crippen molar-refractivity contribution < 1.29 is 9.90 Å². The summed E-state index contributed by atoms with van der Waals surface area (Å²) in [5.41, 5.74) is 1.69. The molecule has 0 spiro atoms. The van der Waals surface area contributed by atoms with Crippen LogP contribution >= 0.6 is 0 Å². The van der Waals surface area contributed by atoms with Crippen molar-refractivity contribution in [3.63, 3.8) is 0 Å². The molecule has 18 heavy (non-hydrogen) atoms. The number of rotatable bonds is 4. The van der Waals surface area contributed by atoms with Gasteiger partial charge in [-0.3, -0.25) is 9.78 Å². The lowest BCUT2D eigenvalue weighted by Crippen LogP contribution is -1.98. The Balaban J connectivity index is 1.99. The number of phenolic OH excluding ortho intramolecular Hbond substituents is 1. The van der Waals surface area contributed by atoms with Crippen molar-refractivity contribution >= 4 is 11.9 Å². The normalized spacial score (nSPS) is 10.7. The summed E-state index contributed by atoms with van der Waals surface area (Å²) in [7, 11) is 0. The molecule has 0 amide bonds. The van der Waals surface area contributed by atoms with E-state index in [4.69, 9.17) is 0 Å². The summed E-state index contributed by atoms with van der Waals surface area (Å²) in [6.07, 6.45) is 6.90. The highest BCUT2D eigenvalue weighted by Crippen LogP contribution is 2.12. The smallest absolute Gasteiger partial charge is 0.160 e. The highest BCUT2D eigenvalue weighted by molar-refractivity contribution is 5.95. The molecule has 1 aromatic carbocycles. The molecule has 0 unspecified atom stereocenters. The second-order valence-electron chi connectivity index (χ2n) is 3.93. The Bertz CT molecular complexity index is 562. The van der Waals surface area contributed by atoms with E-state index in [2.05, 4.69) is 4.98 Å². The Kier molecular flexibility index (Phi) is 3.86. The maximum Gasteiger partial charge on any atom is 0.160 e. The molecule has 1 heterocycles. The summed E-state index contributed by atoms with van der Waals surface area (Å²) in [6, 6.07) is 10.4. The monoisotopic (exact) mass is 239 g/mol. The molecule has 0 radical (unpaired) electrons. The van der Waals surface area contributed by atoms with Crippen LogP contribution in [0, 0.1) is 0 Å². The number of hydrogen-bond acceptors (Lipinski definition) is 3. The minimum absolute atomic E-state index is 0.00587. The lowest BCUT2D eigenvalue weighted by molar-refractivity contribution is -0.113. The number of carbonyl (C=O) groups excluding carboxylic acids is 1. The maximum atomic E-state index is 11.7. The molecular weight excluding hydrogens is 226 g/mol. The second kappa shape index (κ2) is 5.77. The predicted octanol–water partition coefficient (Wildman–Crippen LogP) is 2.61. The number of hydrogen-bond donors (Lipinski definition) is 1. The van der Waals surface area contributed by atoms with Crippen LogP contribution in [0.2, 0.25) is 0 Å². The Hall–Kier alpha value is -2.42. The van der Waals surface area contributed by atoms with Crippen molar-refractivity contribution in [3.8, 4) is 5.75 Å². The van der Waals surface area contributed by atoms with Crippen LogP contribution in [0.25, 0.3) is 6.08 Å². The minimum Gasteiger partial charge on any atom is -0.508 e. The third kappa shape index (κ3) is 3.56. The van der Waals surface area contributed by atoms with E-state index in [0.717, 1.165) is 11.1 Å². The minimum atomic E-state index is 0.00587. The zero-order valence-corrected chi connectivity index (χ0v) is 9.78. The summed E-state index contributed by atoms with van der Waals surface area (Å²) in [6.45, 7) is 0. The molecule has 1 N–H and O–H groups in total. The summed E-state index contributed by atoms with van der Waals surface area (Å²) in [5.74, 6) is 0.197. The predicted molar refractivity (Wildman–Crippen MR) is 70.1 cm³/mol. The molecule has 0 bridgehead atoms. The van der Waals surface area contributed by atoms with E-state index in [1.54, 1.807) is 36.7 Å². The van der Waals surface area contributed by atoms with Crippen molar-refractivity contribution in [1.82, 2.24) is 4.98 Å². The van der Waals surface area contributed by atoms with Gasteiger partial charge in [-0.25, -0.2) is 0 Å². The quantitative estimate of drug-likeness (QED) is 0.834. The second-order valence-corrected chi connectivity index (χ2v) is 3.93. The van der Waals surface area contributed by atoms with Crippen LogP contribution in [0.5, 0.6) is 5.75 Å². The number of aromatic hydroxyl groups is 1. The van der Waals surface area contributed by atoms with Gasteiger partial charge < -0.3 is 5.11 Å². The lowest BCUT2D eigenvalue weighted by atomic mass is 10.1. The molecule has 0 saturated heterocycles. The van der Waals surface area contributed by atoms with E-state index in [-0.39, 0.29) is 11.5 Å². The van der Waals surface area contributed by atoms with Crippen LogP contribution in [-0.4, -0.2) is 15.9 Å². The van der Waals surface area contributed by atoms with Gasteiger partial charge >= 0.3 is 0 Å². The molecular formula is C15H13NO2. The zero-order valence-electron chi connectivity index (χ0n) is 9.78. The Morgan fingerprint density at radius 1 is 1.28 bits per heavy atom. The molecule has 0 aliphatic heterocycles. The van der Waals surface area contributed by atoms with Gasteiger partial charge in [-0.2, -0.15) is 0 Å². The summed E-state index contributed by atoms with van der Waals surface area (Å²) in [5, 5.41) is 9.29. The molecule has 2 rings (SSSR count). The van der Waals surface area contributed by atoms with E-state index >= 15 is 0 Å². The first-order chi connectivity index (χ1) is 8.74. The number of benzene rings is 1. The third-order valence-electron chi connectivity index (χ3n) is 2.43. The van der Waals surface area contributed by atoms with Gasteiger partial charge in [-0.05, 0) is 35.4 Å². The third-order valence-corrected chi connectivity index (χ3v) is 2.43. The summed E-state index contributed by atoms with van der Waals surface area (Å²) >= 11 is 0. The molecule has 0 atom stereocenters. The first-order valence-electron chi connectivity index (χ1n) is 5.63. The lowest BCUT2D eigenvalue weighted by Gasteiger charge is -1.96. The fourth-order valence-corrected chi connectivity index (χ4v) is 1.58. The van der Waals surface area contributed by atoms with Crippen LogP contribution in [0.4, 0.5) is 0 Å². The van der Waals surface area contributed by atoms with Gasteiger partial charge in [0.25, 0.3) is 0 Å². The number of nitrogens with zero attached hydrogens (tertiary/aromatic N) is 1. The average molecular weight is 239 g/mol. The van der Waals surface area contributed by atoms with Gasteiger partial charge in [0.15, 0.2) is 5.78 Å². The van der Waals surface area contributed by atoms with Crippen molar-refractivity contribution in [3.05, 3.63) is 66.0 Å². The number of phenols is 1. The Morgan fingerprint density at radius 3 is 2.89 bits per heavy atom. The maximum absolute atomic E-state index is 11.7. The number of allylic oxidation sites excluding steroid dienone is 1. The fourth-order valence-electron chi connectivity index (χ4n) is 1.58. The molecule has 0 aliphatic carbocycles. The van der Waals surface area contributed by atoms with Gasteiger partial charge in [-0.15, -0.1) is 0 Å². The fraction of sp³-hybridized carbons (Fsp3) is 0.0667. The molecule has 2 aromatic rings. The number of ketones is 1. The van der Waals surface area contributed by atoms with E-state index < -0.39 is 0 Å². The number of aromatic nitrogens is 1. The van der Waals surface area contributed by atoms with Gasteiger partial charge in [0.2, 0.25) is 0 Å². The molecule has 3 heteroatoms. The molecule has 3 nitrogen and oxygen atoms in total. The van der Waals surface area contributed by atoms with Crippen molar-refractivity contribution in [2.24, 2.45) is 0 Å². The highest BCUT2D eigenvalue weighted by Gasteiger charge is 1.99. The molecule has 0 fully saturated rings. The van der Waals surface area contributed by atoms with E-state index in [1.165, 1.54) is 6.08 Å². The van der Waals surface area contributed by atoms with Gasteiger partial charge in [-0.1, -0.05) is 24.3 Å². The van der Waals surface area contributed by atoms with E-state index in [9.17, 15) is 9.90 Å². The van der Waals surface area contributed by atoms with Crippen LogP contribution in [0.3, 0.4) is 0 Å². The SMILES string of the molecule is O=C(C=Cc1cccc(O)c1)Cc1cccnc1. The zero-order chi connectivity index (χ0) is 12.8. The first-order valence-corrected chi connectivity index (χ1v) is 5.63. The standard InChI is InChI=1S/C15H13NO2/c17-14-5-1-3-12(9-14)6-7-15(18)10-13-4-2-8-16-11-13/h1-9,11,17H,10H2. The molecule has 1 aromatic heterocycles. The number of pyridine rings is 1. The topological polar surface area (TPSA) is 50.2 Å². The van der Waals surface area contributed by atoms with E-state index in [1.807, 2.05) is 18.2 Å². The van der Waals surface area contributed by atoms with Crippen LogP contribution in [0.15, 0.2) is 54.9 Å². The van der Waals surface area contributed by atoms with Crippen LogP contribution in [0.1, 0.15) is 11.1 Å². The van der Waals surface area contributed by atoms with Gasteiger partial charge in [0.1, 0.15) is 5.75 Å². The summed E-state index contributed by atoms with van der Waals surface area (Å²) < 4.78 is 0. The van der Waals surface area contributed by atoms with Crippen LogP contribution < -0.4 is 0 Å². The average Bonchev–Trinajstić information content (AvgIpc) is 2.38.